The SMILES string of the molecule is O=S(=O)(O)C(F)(F)C(F)(F)C(F)(F)C(F)(F)C(F)(F)C(F)F.[NaH]. The van der Waals surface area contributed by atoms with Crippen molar-refractivity contribution in [2.24, 2.45) is 0 Å². The fraction of sp³-hybridized carbons (Fsp3) is 1.00. The summed E-state index contributed by atoms with van der Waals surface area (Å²) in [4.78, 5) is 0. The molecule has 136 valence electrons. The standard InChI is InChI=1S/C6H2F12O3S.Na.H/c7-1(8)2(9,10)3(11,12)4(13,14)5(15,16)6(17,18)22(19,20)21;;/h1H,(H,19,20,21);;. The second kappa shape index (κ2) is 6.42. The molecule has 0 aliphatic heterocycles. The monoisotopic (exact) mass is 406 g/mol. The van der Waals surface area contributed by atoms with E-state index in [4.69, 9.17) is 4.55 Å². The maximum absolute atomic E-state index is 12.7. The van der Waals surface area contributed by atoms with E-state index in [2.05, 4.69) is 0 Å². The molecule has 0 saturated carbocycles. The number of halogens is 12. The number of hydrogen-bond acceptors (Lipinski definition) is 2. The summed E-state index contributed by atoms with van der Waals surface area (Å²) in [5.74, 6) is -30.9. The quantitative estimate of drug-likeness (QED) is 0.419. The van der Waals surface area contributed by atoms with Crippen molar-refractivity contribution in [3.05, 3.63) is 0 Å². The van der Waals surface area contributed by atoms with Gasteiger partial charge in [0.1, 0.15) is 0 Å². The predicted octanol–water partition coefficient (Wildman–Crippen LogP) is 2.62. The molecule has 0 saturated heterocycles. The van der Waals surface area contributed by atoms with Crippen LogP contribution in [-0.4, -0.2) is 77.9 Å². The van der Waals surface area contributed by atoms with Crippen LogP contribution in [0.15, 0.2) is 0 Å². The van der Waals surface area contributed by atoms with Crippen LogP contribution in [0.1, 0.15) is 0 Å². The molecule has 0 aromatic carbocycles. The normalized spacial score (nSPS) is 15.6. The third kappa shape index (κ3) is 3.41. The molecule has 0 aromatic heterocycles. The van der Waals surface area contributed by atoms with Gasteiger partial charge in [0.2, 0.25) is 0 Å². The Labute approximate surface area is 141 Å². The Balaban J connectivity index is 0. The van der Waals surface area contributed by atoms with Gasteiger partial charge in [-0.3, -0.25) is 4.55 Å². The van der Waals surface area contributed by atoms with Gasteiger partial charge in [0.05, 0.1) is 0 Å². The topological polar surface area (TPSA) is 54.4 Å². The molecule has 23 heavy (non-hydrogen) atoms. The molecule has 0 aliphatic rings. The van der Waals surface area contributed by atoms with Gasteiger partial charge >= 0.3 is 75.0 Å². The second-order valence-electron chi connectivity index (χ2n) is 3.64. The van der Waals surface area contributed by atoms with E-state index in [-0.39, 0.29) is 29.6 Å². The van der Waals surface area contributed by atoms with Gasteiger partial charge in [0.25, 0.3) is 0 Å². The average molecular weight is 406 g/mol. The molecule has 0 heterocycles. The molecule has 1 N–H and O–H groups in total. The molecule has 0 amide bonds. The summed E-state index contributed by atoms with van der Waals surface area (Å²) in [6.45, 7) is 0. The van der Waals surface area contributed by atoms with Crippen LogP contribution in [0.3, 0.4) is 0 Å². The Kier molecular flexibility index (Phi) is 7.06. The molecule has 0 aromatic rings. The minimum absolute atomic E-state index is 0. The molecule has 0 rings (SSSR count). The summed E-state index contributed by atoms with van der Waals surface area (Å²) in [6.07, 6.45) is -5.69. The number of rotatable bonds is 6. The summed E-state index contributed by atoms with van der Waals surface area (Å²) >= 11 is 0. The van der Waals surface area contributed by atoms with E-state index in [1.807, 2.05) is 0 Å². The van der Waals surface area contributed by atoms with Crippen LogP contribution in [0.5, 0.6) is 0 Å². The van der Waals surface area contributed by atoms with Crippen LogP contribution >= 0.6 is 0 Å². The van der Waals surface area contributed by atoms with Crippen molar-refractivity contribution < 1.29 is 65.7 Å². The Morgan fingerprint density at radius 2 is 1.00 bits per heavy atom. The molecular formula is C6H3F12NaO3S. The zero-order chi connectivity index (χ0) is 18.6. The average Bonchev–Trinajstić information content (AvgIpc) is 2.25. The van der Waals surface area contributed by atoms with Gasteiger partial charge in [-0.25, -0.2) is 8.78 Å². The molecule has 0 spiro atoms. The van der Waals surface area contributed by atoms with Gasteiger partial charge in [0, 0.05) is 0 Å². The van der Waals surface area contributed by atoms with Crippen molar-refractivity contribution >= 4 is 39.7 Å². The molecule has 17 heteroatoms. The van der Waals surface area contributed by atoms with Crippen LogP contribution < -0.4 is 0 Å². The predicted molar refractivity (Wildman–Crippen MR) is 49.4 cm³/mol. The van der Waals surface area contributed by atoms with E-state index in [9.17, 15) is 61.1 Å². The third-order valence-corrected chi connectivity index (χ3v) is 3.08. The van der Waals surface area contributed by atoms with E-state index in [1.54, 1.807) is 0 Å². The summed E-state index contributed by atoms with van der Waals surface area (Å²) in [6, 6.07) is 0. The Hall–Kier alpha value is 0.0700. The molecular weight excluding hydrogens is 403 g/mol. The fourth-order valence-corrected chi connectivity index (χ4v) is 1.34. The van der Waals surface area contributed by atoms with Crippen molar-refractivity contribution in [3.63, 3.8) is 0 Å². The van der Waals surface area contributed by atoms with Gasteiger partial charge < -0.3 is 0 Å². The van der Waals surface area contributed by atoms with Crippen molar-refractivity contribution in [1.29, 1.82) is 0 Å². The van der Waals surface area contributed by atoms with E-state index >= 15 is 0 Å². The van der Waals surface area contributed by atoms with E-state index < -0.39 is 45.5 Å². The third-order valence-electron chi connectivity index (χ3n) is 2.17. The molecule has 0 bridgehead atoms. The van der Waals surface area contributed by atoms with E-state index in [1.165, 1.54) is 0 Å². The van der Waals surface area contributed by atoms with Crippen LogP contribution in [0.25, 0.3) is 0 Å². The fourth-order valence-electron chi connectivity index (χ4n) is 0.888. The number of alkyl halides is 12. The van der Waals surface area contributed by atoms with Crippen LogP contribution in [0.2, 0.25) is 0 Å². The Bertz CT molecular complexity index is 529. The first-order valence-electron chi connectivity index (χ1n) is 4.33. The summed E-state index contributed by atoms with van der Waals surface area (Å²) in [5.41, 5.74) is 0. The molecule has 0 fully saturated rings. The Morgan fingerprint density at radius 1 is 0.696 bits per heavy atom. The summed E-state index contributed by atoms with van der Waals surface area (Å²) in [7, 11) is -7.50. The first-order valence-corrected chi connectivity index (χ1v) is 5.78. The van der Waals surface area contributed by atoms with Gasteiger partial charge in [-0.2, -0.15) is 52.3 Å². The van der Waals surface area contributed by atoms with Crippen molar-refractivity contribution in [3.8, 4) is 0 Å². The van der Waals surface area contributed by atoms with E-state index in [0.29, 0.717) is 0 Å². The zero-order valence-electron chi connectivity index (χ0n) is 9.28. The van der Waals surface area contributed by atoms with Crippen molar-refractivity contribution in [2.75, 3.05) is 0 Å². The van der Waals surface area contributed by atoms with Crippen LogP contribution in [0.4, 0.5) is 52.7 Å². The van der Waals surface area contributed by atoms with Gasteiger partial charge in [-0.05, 0) is 0 Å². The summed E-state index contributed by atoms with van der Waals surface area (Å²) < 4.78 is 176. The maximum atomic E-state index is 12.7. The molecule has 0 unspecified atom stereocenters. The van der Waals surface area contributed by atoms with Crippen LogP contribution in [-0.2, 0) is 10.1 Å². The molecule has 3 nitrogen and oxygen atoms in total. The number of hydrogen-bond donors (Lipinski definition) is 1. The first-order chi connectivity index (χ1) is 9.19. The van der Waals surface area contributed by atoms with Crippen LogP contribution in [0, 0.1) is 0 Å². The van der Waals surface area contributed by atoms with Crippen molar-refractivity contribution in [2.45, 2.75) is 35.4 Å². The van der Waals surface area contributed by atoms with Gasteiger partial charge in [0.15, 0.2) is 0 Å². The molecule has 0 aliphatic carbocycles. The second-order valence-corrected chi connectivity index (χ2v) is 5.10. The van der Waals surface area contributed by atoms with E-state index in [0.717, 1.165) is 0 Å². The summed E-state index contributed by atoms with van der Waals surface area (Å²) in [5, 5.41) is -7.38. The minimum atomic E-state index is -7.99. The first kappa shape index (κ1) is 25.3. The molecule has 0 radical (unpaired) electrons. The van der Waals surface area contributed by atoms with Crippen molar-refractivity contribution in [1.82, 2.24) is 0 Å². The zero-order valence-corrected chi connectivity index (χ0v) is 10.1. The Morgan fingerprint density at radius 3 is 1.22 bits per heavy atom. The van der Waals surface area contributed by atoms with Gasteiger partial charge in [-0.1, -0.05) is 0 Å². The van der Waals surface area contributed by atoms with Gasteiger partial charge in [-0.15, -0.1) is 0 Å². The molecule has 0 atom stereocenters.